The zero-order chi connectivity index (χ0) is 16.4. The van der Waals surface area contributed by atoms with Crippen LogP contribution < -0.4 is 34.0 Å². The van der Waals surface area contributed by atoms with E-state index in [2.05, 4.69) is 54.2 Å². The lowest BCUT2D eigenvalue weighted by Gasteiger charge is -2.30. The van der Waals surface area contributed by atoms with Crippen LogP contribution in [0.25, 0.3) is 0 Å². The summed E-state index contributed by atoms with van der Waals surface area (Å²) in [4.78, 5) is 2.29. The van der Waals surface area contributed by atoms with Crippen LogP contribution in [-0.2, 0) is 0 Å². The summed E-state index contributed by atoms with van der Waals surface area (Å²) in [6.07, 6.45) is 9.67. The van der Waals surface area contributed by atoms with Gasteiger partial charge in [-0.15, -0.1) is 0 Å². The number of quaternary nitrogens is 2. The molecular formula is C18H43Br2N3. The molecule has 0 amide bonds. The fourth-order valence-corrected chi connectivity index (χ4v) is 2.74. The fraction of sp³-hybridized carbons (Fsp3) is 1.00. The molecule has 0 atom stereocenters. The molecule has 0 heterocycles. The molecule has 0 unspecified atom stereocenters. The Balaban J connectivity index is -0.00000200. The molecule has 0 spiro atoms. The summed E-state index contributed by atoms with van der Waals surface area (Å²) in [7, 11) is 16.0. The van der Waals surface area contributed by atoms with Gasteiger partial charge in [-0.1, -0.05) is 6.42 Å². The van der Waals surface area contributed by atoms with E-state index in [0.717, 1.165) is 4.48 Å². The maximum absolute atomic E-state index is 2.40. The van der Waals surface area contributed by atoms with Gasteiger partial charge >= 0.3 is 0 Å². The lowest BCUT2D eigenvalue weighted by molar-refractivity contribution is -0.891. The second-order valence-corrected chi connectivity index (χ2v) is 8.68. The Morgan fingerprint density at radius 2 is 0.957 bits per heavy atom. The van der Waals surface area contributed by atoms with Crippen LogP contribution in [0.3, 0.4) is 0 Å². The topological polar surface area (TPSA) is 3.24 Å². The molecule has 0 aliphatic carbocycles. The van der Waals surface area contributed by atoms with E-state index in [0.29, 0.717) is 0 Å². The Hall–Kier alpha value is 0.840. The van der Waals surface area contributed by atoms with Gasteiger partial charge in [0.1, 0.15) is 0 Å². The molecule has 0 saturated heterocycles. The second kappa shape index (κ2) is 15.1. The summed E-state index contributed by atoms with van der Waals surface area (Å²) >= 11 is 0. The van der Waals surface area contributed by atoms with Crippen molar-refractivity contribution in [3.63, 3.8) is 0 Å². The van der Waals surface area contributed by atoms with Gasteiger partial charge < -0.3 is 47.8 Å². The van der Waals surface area contributed by atoms with E-state index < -0.39 is 0 Å². The van der Waals surface area contributed by atoms with Gasteiger partial charge in [0.15, 0.2) is 0 Å². The molecule has 0 aromatic carbocycles. The van der Waals surface area contributed by atoms with Crippen LogP contribution in [0.2, 0.25) is 0 Å². The largest absolute Gasteiger partial charge is 1.00 e. The first-order chi connectivity index (χ1) is 9.62. The fourth-order valence-electron chi connectivity index (χ4n) is 2.74. The highest BCUT2D eigenvalue weighted by atomic mass is 79.9. The molecule has 23 heavy (non-hydrogen) atoms. The number of hydrogen-bond donors (Lipinski definition) is 0. The van der Waals surface area contributed by atoms with Crippen molar-refractivity contribution in [2.24, 2.45) is 0 Å². The van der Waals surface area contributed by atoms with Crippen molar-refractivity contribution in [2.75, 3.05) is 75.5 Å². The number of halogens is 2. The van der Waals surface area contributed by atoms with Crippen LogP contribution >= 0.6 is 0 Å². The van der Waals surface area contributed by atoms with Crippen LogP contribution in [0.1, 0.15) is 44.9 Å². The molecule has 0 aliphatic heterocycles. The highest BCUT2D eigenvalue weighted by molar-refractivity contribution is 4.48. The van der Waals surface area contributed by atoms with Crippen LogP contribution in [0, 0.1) is 0 Å². The lowest BCUT2D eigenvalue weighted by Crippen LogP contribution is -3.00. The van der Waals surface area contributed by atoms with E-state index in [1.54, 1.807) is 0 Å². The van der Waals surface area contributed by atoms with Gasteiger partial charge in [-0.25, -0.2) is 0 Å². The predicted molar refractivity (Wildman–Crippen MR) is 95.6 cm³/mol. The highest BCUT2D eigenvalue weighted by Gasteiger charge is 2.14. The zero-order valence-corrected chi connectivity index (χ0v) is 20.0. The summed E-state index contributed by atoms with van der Waals surface area (Å²) in [6.45, 7) is 5.23. The Morgan fingerprint density at radius 3 is 1.39 bits per heavy atom. The molecule has 0 aromatic heterocycles. The highest BCUT2D eigenvalue weighted by Crippen LogP contribution is 2.09. The standard InChI is InChI=1S/C18H43N3.2BrH/c1-19(2)15-11-8-9-13-17-21(6,7)18-14-10-12-16-20(3,4)5;;/h8-18H2,1-7H3;2*1H/q+2;;/p-2. The lowest BCUT2D eigenvalue weighted by atomic mass is 10.1. The van der Waals surface area contributed by atoms with Gasteiger partial charge in [0.25, 0.3) is 0 Å². The number of rotatable bonds is 13. The maximum Gasteiger partial charge on any atom is 0.0782 e. The van der Waals surface area contributed by atoms with Gasteiger partial charge in [0.2, 0.25) is 0 Å². The van der Waals surface area contributed by atoms with Gasteiger partial charge in [0.05, 0.1) is 54.9 Å². The van der Waals surface area contributed by atoms with E-state index >= 15 is 0 Å². The van der Waals surface area contributed by atoms with E-state index in [1.807, 2.05) is 0 Å². The summed E-state index contributed by atoms with van der Waals surface area (Å²) < 4.78 is 2.31. The van der Waals surface area contributed by atoms with Gasteiger partial charge in [-0.05, 0) is 59.2 Å². The smallest absolute Gasteiger partial charge is 0.0782 e. The monoisotopic (exact) mass is 459 g/mol. The summed E-state index contributed by atoms with van der Waals surface area (Å²) in [5.74, 6) is 0. The van der Waals surface area contributed by atoms with E-state index in [4.69, 9.17) is 0 Å². The summed E-state index contributed by atoms with van der Waals surface area (Å²) in [5.41, 5.74) is 0. The SMILES string of the molecule is CN(C)CCCCCC[N+](C)(C)CCCCC[N+](C)(C)C.[Br-].[Br-]. The second-order valence-electron chi connectivity index (χ2n) is 8.68. The van der Waals surface area contributed by atoms with E-state index in [1.165, 1.54) is 75.6 Å². The molecule has 0 rings (SSSR count). The molecule has 0 N–H and O–H groups in total. The molecule has 3 nitrogen and oxygen atoms in total. The average Bonchev–Trinajstić information content (AvgIpc) is 2.31. The molecule has 0 aliphatic rings. The summed E-state index contributed by atoms with van der Waals surface area (Å²) in [5, 5.41) is 0. The predicted octanol–water partition coefficient (Wildman–Crippen LogP) is -2.93. The van der Waals surface area contributed by atoms with Crippen LogP contribution in [0.15, 0.2) is 0 Å². The number of unbranched alkanes of at least 4 members (excludes halogenated alkanes) is 5. The average molecular weight is 461 g/mol. The van der Waals surface area contributed by atoms with Crippen LogP contribution in [0.4, 0.5) is 0 Å². The van der Waals surface area contributed by atoms with Gasteiger partial charge in [-0.3, -0.25) is 0 Å². The Morgan fingerprint density at radius 1 is 0.565 bits per heavy atom. The third kappa shape index (κ3) is 22.8. The minimum atomic E-state index is 0. The molecule has 5 heteroatoms. The molecule has 0 aromatic rings. The Bertz CT molecular complexity index is 251. The molecule has 144 valence electrons. The molecule has 0 radical (unpaired) electrons. The Kier molecular flexibility index (Phi) is 18.8. The minimum absolute atomic E-state index is 0. The summed E-state index contributed by atoms with van der Waals surface area (Å²) in [6, 6.07) is 0. The van der Waals surface area contributed by atoms with Crippen molar-refractivity contribution in [1.29, 1.82) is 0 Å². The third-order valence-electron chi connectivity index (χ3n) is 4.21. The Labute approximate surface area is 168 Å². The van der Waals surface area contributed by atoms with Crippen LogP contribution in [0.5, 0.6) is 0 Å². The quantitative estimate of drug-likeness (QED) is 0.210. The van der Waals surface area contributed by atoms with Crippen molar-refractivity contribution >= 4 is 0 Å². The molecule has 0 bridgehead atoms. The number of nitrogens with zero attached hydrogens (tertiary/aromatic N) is 3. The maximum atomic E-state index is 2.40. The van der Waals surface area contributed by atoms with Crippen molar-refractivity contribution in [1.82, 2.24) is 4.90 Å². The normalized spacial score (nSPS) is 12.0. The van der Waals surface area contributed by atoms with Crippen molar-refractivity contribution < 1.29 is 42.9 Å². The van der Waals surface area contributed by atoms with Crippen LogP contribution in [-0.4, -0.2) is 89.4 Å². The van der Waals surface area contributed by atoms with Crippen molar-refractivity contribution in [3.8, 4) is 0 Å². The first-order valence-electron chi connectivity index (χ1n) is 8.90. The first kappa shape index (κ1) is 28.6. The van der Waals surface area contributed by atoms with E-state index in [-0.39, 0.29) is 34.0 Å². The number of hydrogen-bond acceptors (Lipinski definition) is 1. The minimum Gasteiger partial charge on any atom is -1.00 e. The first-order valence-corrected chi connectivity index (χ1v) is 8.90. The zero-order valence-electron chi connectivity index (χ0n) is 16.9. The van der Waals surface area contributed by atoms with Crippen molar-refractivity contribution in [3.05, 3.63) is 0 Å². The third-order valence-corrected chi connectivity index (χ3v) is 4.21. The molecule has 0 saturated carbocycles. The van der Waals surface area contributed by atoms with E-state index in [9.17, 15) is 0 Å². The van der Waals surface area contributed by atoms with Crippen molar-refractivity contribution in [2.45, 2.75) is 44.9 Å². The van der Waals surface area contributed by atoms with Gasteiger partial charge in [-0.2, -0.15) is 0 Å². The molecule has 0 fully saturated rings. The molecular weight excluding hydrogens is 418 g/mol. The van der Waals surface area contributed by atoms with Gasteiger partial charge in [0, 0.05) is 0 Å².